The molecule has 5 heteroatoms. The lowest BCUT2D eigenvalue weighted by molar-refractivity contribution is -0.139. The fourth-order valence-electron chi connectivity index (χ4n) is 1.65. The quantitative estimate of drug-likeness (QED) is 0.706. The van der Waals surface area contributed by atoms with Crippen LogP contribution in [0.5, 0.6) is 0 Å². The van der Waals surface area contributed by atoms with Crippen LogP contribution >= 0.6 is 0 Å². The summed E-state index contributed by atoms with van der Waals surface area (Å²) in [6.45, 7) is 2.36. The summed E-state index contributed by atoms with van der Waals surface area (Å²) in [5.41, 5.74) is 0.970. The van der Waals surface area contributed by atoms with E-state index in [1.807, 2.05) is 37.3 Å². The fraction of sp³-hybridized carbons (Fsp3) is 0.429. The first-order chi connectivity index (χ1) is 9.13. The lowest BCUT2D eigenvalue weighted by Crippen LogP contribution is -2.45. The van der Waals surface area contributed by atoms with Crippen LogP contribution in [0.3, 0.4) is 0 Å². The Morgan fingerprint density at radius 3 is 2.53 bits per heavy atom. The molecule has 1 aromatic rings. The van der Waals surface area contributed by atoms with Crippen LogP contribution in [0, 0.1) is 0 Å². The molecule has 0 bridgehead atoms. The maximum absolute atomic E-state index is 11.6. The van der Waals surface area contributed by atoms with Crippen molar-refractivity contribution < 1.29 is 14.7 Å². The molecule has 0 aliphatic heterocycles. The molecule has 3 N–H and O–H groups in total. The molecule has 2 amide bonds. The van der Waals surface area contributed by atoms with Gasteiger partial charge in [0.25, 0.3) is 0 Å². The Hall–Kier alpha value is -2.04. The number of aliphatic carboxylic acids is 1. The number of hydrogen-bond donors (Lipinski definition) is 3. The highest BCUT2D eigenvalue weighted by Gasteiger charge is 2.18. The highest BCUT2D eigenvalue weighted by Crippen LogP contribution is 2.01. The Balaban J connectivity index is 2.38. The van der Waals surface area contributed by atoms with E-state index in [9.17, 15) is 9.59 Å². The van der Waals surface area contributed by atoms with Gasteiger partial charge < -0.3 is 15.7 Å². The van der Waals surface area contributed by atoms with E-state index in [1.54, 1.807) is 0 Å². The van der Waals surface area contributed by atoms with Gasteiger partial charge >= 0.3 is 12.0 Å². The molecule has 104 valence electrons. The van der Waals surface area contributed by atoms with Crippen LogP contribution in [0.4, 0.5) is 4.79 Å². The molecule has 1 rings (SSSR count). The smallest absolute Gasteiger partial charge is 0.326 e. The molecule has 0 aliphatic rings. The minimum Gasteiger partial charge on any atom is -0.480 e. The number of carboxylic acid groups (broad SMARTS) is 1. The van der Waals surface area contributed by atoms with E-state index in [1.165, 1.54) is 0 Å². The van der Waals surface area contributed by atoms with Crippen LogP contribution in [0.2, 0.25) is 0 Å². The second-order valence-corrected chi connectivity index (χ2v) is 4.35. The van der Waals surface area contributed by atoms with Gasteiger partial charge in [0.15, 0.2) is 0 Å². The number of urea groups is 1. The van der Waals surface area contributed by atoms with E-state index in [-0.39, 0.29) is 0 Å². The molecular weight excluding hydrogens is 244 g/mol. The minimum absolute atomic E-state index is 0.382. The predicted molar refractivity (Wildman–Crippen MR) is 72.8 cm³/mol. The van der Waals surface area contributed by atoms with Crippen molar-refractivity contribution in [2.75, 3.05) is 0 Å². The molecule has 0 heterocycles. The summed E-state index contributed by atoms with van der Waals surface area (Å²) in [7, 11) is 0. The van der Waals surface area contributed by atoms with Gasteiger partial charge in [0, 0.05) is 6.54 Å². The van der Waals surface area contributed by atoms with Crippen molar-refractivity contribution in [2.45, 2.75) is 38.8 Å². The number of unbranched alkanes of at least 4 members (excludes halogenated alkanes) is 1. The lowest BCUT2D eigenvalue weighted by atomic mass is 10.1. The molecule has 0 fully saturated rings. The van der Waals surface area contributed by atoms with E-state index in [0.29, 0.717) is 13.0 Å². The van der Waals surface area contributed by atoms with Crippen molar-refractivity contribution in [3.8, 4) is 0 Å². The van der Waals surface area contributed by atoms with Crippen LogP contribution in [0.25, 0.3) is 0 Å². The standard InChI is InChI=1S/C14H20N2O3/c1-2-3-9-12(13(17)18)16-14(19)15-10-11-7-5-4-6-8-11/h4-8,12H,2-3,9-10H2,1H3,(H,17,18)(H2,15,16,19)/t12-/m0/s1. The largest absolute Gasteiger partial charge is 0.480 e. The van der Waals surface area contributed by atoms with Crippen LogP contribution in [0.15, 0.2) is 30.3 Å². The third kappa shape index (κ3) is 5.90. The number of carbonyl (C=O) groups is 2. The number of amides is 2. The fourth-order valence-corrected chi connectivity index (χ4v) is 1.65. The number of nitrogens with one attached hydrogen (secondary N) is 2. The molecule has 19 heavy (non-hydrogen) atoms. The first kappa shape index (κ1) is 15.0. The normalized spacial score (nSPS) is 11.6. The van der Waals surface area contributed by atoms with Gasteiger partial charge in [0.1, 0.15) is 6.04 Å². The van der Waals surface area contributed by atoms with Crippen molar-refractivity contribution >= 4 is 12.0 Å². The molecule has 0 saturated heterocycles. The molecule has 0 saturated carbocycles. The topological polar surface area (TPSA) is 78.4 Å². The summed E-state index contributed by atoms with van der Waals surface area (Å²) in [4.78, 5) is 22.6. The zero-order valence-corrected chi connectivity index (χ0v) is 11.1. The van der Waals surface area contributed by atoms with Gasteiger partial charge in [-0.3, -0.25) is 0 Å². The van der Waals surface area contributed by atoms with Gasteiger partial charge in [0.05, 0.1) is 0 Å². The number of carboxylic acids is 1. The molecule has 0 aliphatic carbocycles. The van der Waals surface area contributed by atoms with E-state index in [2.05, 4.69) is 10.6 Å². The molecule has 0 unspecified atom stereocenters. The molecule has 0 aromatic heterocycles. The summed E-state index contributed by atoms with van der Waals surface area (Å²) in [5.74, 6) is -0.997. The van der Waals surface area contributed by atoms with E-state index in [0.717, 1.165) is 18.4 Å². The Morgan fingerprint density at radius 2 is 1.95 bits per heavy atom. The van der Waals surface area contributed by atoms with Crippen molar-refractivity contribution in [2.24, 2.45) is 0 Å². The van der Waals surface area contributed by atoms with Gasteiger partial charge in [-0.15, -0.1) is 0 Å². The van der Waals surface area contributed by atoms with Crippen LogP contribution in [0.1, 0.15) is 31.7 Å². The van der Waals surface area contributed by atoms with Gasteiger partial charge in [0.2, 0.25) is 0 Å². The predicted octanol–water partition coefficient (Wildman–Crippen LogP) is 2.13. The Bertz CT molecular complexity index is 406. The summed E-state index contributed by atoms with van der Waals surface area (Å²) in [5, 5.41) is 14.1. The van der Waals surface area contributed by atoms with Crippen molar-refractivity contribution in [3.63, 3.8) is 0 Å². The number of hydrogen-bond acceptors (Lipinski definition) is 2. The van der Waals surface area contributed by atoms with Crippen LogP contribution in [-0.4, -0.2) is 23.1 Å². The number of rotatable bonds is 7. The maximum atomic E-state index is 11.6. The van der Waals surface area contributed by atoms with Gasteiger partial charge in [-0.25, -0.2) is 9.59 Å². The molecule has 0 spiro atoms. The maximum Gasteiger partial charge on any atom is 0.326 e. The highest BCUT2D eigenvalue weighted by atomic mass is 16.4. The van der Waals surface area contributed by atoms with Gasteiger partial charge in [-0.1, -0.05) is 50.1 Å². The Morgan fingerprint density at radius 1 is 1.26 bits per heavy atom. The molecule has 1 aromatic carbocycles. The Labute approximate surface area is 113 Å². The van der Waals surface area contributed by atoms with E-state index >= 15 is 0 Å². The average Bonchev–Trinajstić information content (AvgIpc) is 2.42. The van der Waals surface area contributed by atoms with Crippen LogP contribution < -0.4 is 10.6 Å². The highest BCUT2D eigenvalue weighted by molar-refractivity contribution is 5.82. The second kappa shape index (κ2) is 8.13. The number of benzene rings is 1. The summed E-state index contributed by atoms with van der Waals surface area (Å²) >= 11 is 0. The summed E-state index contributed by atoms with van der Waals surface area (Å²) in [6, 6.07) is 8.18. The molecule has 5 nitrogen and oxygen atoms in total. The van der Waals surface area contributed by atoms with E-state index < -0.39 is 18.0 Å². The van der Waals surface area contributed by atoms with Crippen molar-refractivity contribution in [1.29, 1.82) is 0 Å². The first-order valence-electron chi connectivity index (χ1n) is 6.44. The Kier molecular flexibility index (Phi) is 6.43. The van der Waals surface area contributed by atoms with Gasteiger partial charge in [-0.2, -0.15) is 0 Å². The minimum atomic E-state index is -0.997. The van der Waals surface area contributed by atoms with E-state index in [4.69, 9.17) is 5.11 Å². The zero-order valence-electron chi connectivity index (χ0n) is 11.1. The third-order valence-electron chi connectivity index (χ3n) is 2.75. The van der Waals surface area contributed by atoms with Crippen LogP contribution in [-0.2, 0) is 11.3 Å². The zero-order chi connectivity index (χ0) is 14.1. The van der Waals surface area contributed by atoms with Crippen molar-refractivity contribution in [1.82, 2.24) is 10.6 Å². The average molecular weight is 264 g/mol. The molecule has 1 atom stereocenters. The lowest BCUT2D eigenvalue weighted by Gasteiger charge is -2.14. The molecule has 0 radical (unpaired) electrons. The summed E-state index contributed by atoms with van der Waals surface area (Å²) < 4.78 is 0. The first-order valence-corrected chi connectivity index (χ1v) is 6.44. The second-order valence-electron chi connectivity index (χ2n) is 4.35. The SMILES string of the molecule is CCCC[C@H](NC(=O)NCc1ccccc1)C(=O)O. The monoisotopic (exact) mass is 264 g/mol. The van der Waals surface area contributed by atoms with Gasteiger partial charge in [-0.05, 0) is 12.0 Å². The number of carbonyl (C=O) groups excluding carboxylic acids is 1. The van der Waals surface area contributed by atoms with Crippen molar-refractivity contribution in [3.05, 3.63) is 35.9 Å². The molecular formula is C14H20N2O3. The third-order valence-corrected chi connectivity index (χ3v) is 2.75. The summed E-state index contributed by atoms with van der Waals surface area (Å²) in [6.07, 6.45) is 2.12.